The second-order valence-electron chi connectivity index (χ2n) is 5.93. The number of ether oxygens (including phenoxy) is 1. The topological polar surface area (TPSA) is 88.2 Å². The number of hydrogen-bond acceptors (Lipinski definition) is 5. The maximum absolute atomic E-state index is 12.4. The SMILES string of the molecule is Cc1noc(-c2ccc(C=N)cc2)c1NC(=O)OC(C)c1ccccc1Cl. The molecule has 0 aliphatic heterocycles. The minimum absolute atomic E-state index is 0.423. The van der Waals surface area contributed by atoms with Gasteiger partial charge in [-0.15, -0.1) is 0 Å². The summed E-state index contributed by atoms with van der Waals surface area (Å²) in [6.45, 7) is 3.48. The first-order valence-electron chi connectivity index (χ1n) is 8.29. The van der Waals surface area contributed by atoms with Gasteiger partial charge in [-0.05, 0) is 25.5 Å². The Morgan fingerprint density at radius 2 is 1.96 bits per heavy atom. The Balaban J connectivity index is 1.77. The Morgan fingerprint density at radius 1 is 1.26 bits per heavy atom. The molecule has 1 amide bonds. The normalized spacial score (nSPS) is 11.7. The summed E-state index contributed by atoms with van der Waals surface area (Å²) in [6, 6.07) is 14.3. The van der Waals surface area contributed by atoms with E-state index in [1.165, 1.54) is 6.21 Å². The zero-order chi connectivity index (χ0) is 19.4. The number of carbonyl (C=O) groups excluding carboxylic acids is 1. The van der Waals surface area contributed by atoms with E-state index in [1.807, 2.05) is 12.1 Å². The molecule has 0 radical (unpaired) electrons. The lowest BCUT2D eigenvalue weighted by Crippen LogP contribution is -2.17. The van der Waals surface area contributed by atoms with E-state index in [0.717, 1.165) is 16.7 Å². The van der Waals surface area contributed by atoms with Crippen LogP contribution in [0.3, 0.4) is 0 Å². The van der Waals surface area contributed by atoms with Crippen LogP contribution in [0.1, 0.15) is 29.8 Å². The quantitative estimate of drug-likeness (QED) is 0.560. The van der Waals surface area contributed by atoms with Crippen molar-refractivity contribution >= 4 is 29.6 Å². The Morgan fingerprint density at radius 3 is 2.63 bits per heavy atom. The molecule has 0 saturated heterocycles. The van der Waals surface area contributed by atoms with Crippen LogP contribution in [0.2, 0.25) is 5.02 Å². The van der Waals surface area contributed by atoms with Crippen molar-refractivity contribution in [3.63, 3.8) is 0 Å². The number of amides is 1. The molecule has 3 aromatic rings. The molecule has 138 valence electrons. The summed E-state index contributed by atoms with van der Waals surface area (Å²) in [4.78, 5) is 12.4. The third-order valence-electron chi connectivity index (χ3n) is 4.06. The Labute approximate surface area is 161 Å². The predicted molar refractivity (Wildman–Crippen MR) is 105 cm³/mol. The Bertz CT molecular complexity index is 967. The average molecular weight is 384 g/mol. The van der Waals surface area contributed by atoms with Crippen LogP contribution in [-0.2, 0) is 4.74 Å². The second kappa shape index (κ2) is 8.05. The second-order valence-corrected chi connectivity index (χ2v) is 6.34. The van der Waals surface area contributed by atoms with Gasteiger partial charge in [0.05, 0.1) is 0 Å². The van der Waals surface area contributed by atoms with Gasteiger partial charge in [0.1, 0.15) is 17.5 Å². The zero-order valence-electron chi connectivity index (χ0n) is 14.8. The van der Waals surface area contributed by atoms with Crippen LogP contribution in [0.4, 0.5) is 10.5 Å². The van der Waals surface area contributed by atoms with Crippen molar-refractivity contribution in [2.75, 3.05) is 5.32 Å². The fourth-order valence-electron chi connectivity index (χ4n) is 2.61. The number of halogens is 1. The standard InChI is InChI=1S/C20H18ClN3O3/c1-12-18(19(27-24-12)15-9-7-14(11-22)8-10-15)23-20(25)26-13(2)16-5-3-4-6-17(16)21/h3-11,13,22H,1-2H3,(H,23,25). The van der Waals surface area contributed by atoms with Gasteiger partial charge in [-0.3, -0.25) is 5.32 Å². The van der Waals surface area contributed by atoms with Gasteiger partial charge in [0.15, 0.2) is 5.76 Å². The molecule has 2 aromatic carbocycles. The monoisotopic (exact) mass is 383 g/mol. The number of anilines is 1. The summed E-state index contributed by atoms with van der Waals surface area (Å²) in [5, 5.41) is 14.4. The average Bonchev–Trinajstić information content (AvgIpc) is 3.02. The van der Waals surface area contributed by atoms with E-state index < -0.39 is 12.2 Å². The fraction of sp³-hybridized carbons (Fsp3) is 0.150. The minimum Gasteiger partial charge on any atom is -0.441 e. The third-order valence-corrected chi connectivity index (χ3v) is 4.40. The summed E-state index contributed by atoms with van der Waals surface area (Å²) in [5.41, 5.74) is 3.18. The van der Waals surface area contributed by atoms with Gasteiger partial charge in [0.2, 0.25) is 0 Å². The van der Waals surface area contributed by atoms with Crippen molar-refractivity contribution in [3.05, 3.63) is 70.4 Å². The fourth-order valence-corrected chi connectivity index (χ4v) is 2.89. The number of aryl methyl sites for hydroxylation is 1. The van der Waals surface area contributed by atoms with E-state index in [4.69, 9.17) is 26.3 Å². The lowest BCUT2D eigenvalue weighted by molar-refractivity contribution is 0.121. The highest BCUT2D eigenvalue weighted by Crippen LogP contribution is 2.32. The summed E-state index contributed by atoms with van der Waals surface area (Å²) in [7, 11) is 0. The van der Waals surface area contributed by atoms with Gasteiger partial charge in [-0.2, -0.15) is 0 Å². The van der Waals surface area contributed by atoms with Crippen molar-refractivity contribution in [2.45, 2.75) is 20.0 Å². The van der Waals surface area contributed by atoms with Gasteiger partial charge in [0, 0.05) is 22.4 Å². The van der Waals surface area contributed by atoms with Crippen molar-refractivity contribution in [3.8, 4) is 11.3 Å². The first-order chi connectivity index (χ1) is 13.0. The minimum atomic E-state index is -0.633. The highest BCUT2D eigenvalue weighted by atomic mass is 35.5. The molecule has 3 rings (SSSR count). The van der Waals surface area contributed by atoms with Crippen LogP contribution >= 0.6 is 11.6 Å². The van der Waals surface area contributed by atoms with Crippen molar-refractivity contribution < 1.29 is 14.1 Å². The molecule has 1 atom stereocenters. The molecule has 2 N–H and O–H groups in total. The first kappa shape index (κ1) is 18.7. The van der Waals surface area contributed by atoms with Crippen LogP contribution in [0.15, 0.2) is 53.1 Å². The number of rotatable bonds is 5. The molecule has 1 aromatic heterocycles. The van der Waals surface area contributed by atoms with Crippen LogP contribution in [0.5, 0.6) is 0 Å². The number of hydrogen-bond donors (Lipinski definition) is 2. The molecular formula is C20H18ClN3O3. The third kappa shape index (κ3) is 4.17. The summed E-state index contributed by atoms with van der Waals surface area (Å²) in [6.07, 6.45) is 0.0995. The van der Waals surface area contributed by atoms with Gasteiger partial charge in [0.25, 0.3) is 0 Å². The van der Waals surface area contributed by atoms with Gasteiger partial charge >= 0.3 is 6.09 Å². The smallest absolute Gasteiger partial charge is 0.412 e. The summed E-state index contributed by atoms with van der Waals surface area (Å²) in [5.74, 6) is 0.423. The number of nitrogens with zero attached hydrogens (tertiary/aromatic N) is 1. The molecule has 1 heterocycles. The van der Waals surface area contributed by atoms with Crippen molar-refractivity contribution in [1.29, 1.82) is 5.41 Å². The number of benzene rings is 2. The van der Waals surface area contributed by atoms with Gasteiger partial charge in [-0.25, -0.2) is 4.79 Å². The van der Waals surface area contributed by atoms with Crippen LogP contribution in [0.25, 0.3) is 11.3 Å². The van der Waals surface area contributed by atoms with E-state index in [-0.39, 0.29) is 0 Å². The number of carbonyl (C=O) groups is 1. The molecule has 0 spiro atoms. The Hall–Kier alpha value is -3.12. The largest absolute Gasteiger partial charge is 0.441 e. The zero-order valence-corrected chi connectivity index (χ0v) is 15.6. The first-order valence-corrected chi connectivity index (χ1v) is 8.66. The molecule has 27 heavy (non-hydrogen) atoms. The molecule has 0 fully saturated rings. The Kier molecular flexibility index (Phi) is 5.57. The molecular weight excluding hydrogens is 366 g/mol. The van der Waals surface area contributed by atoms with Crippen molar-refractivity contribution in [1.82, 2.24) is 5.16 Å². The van der Waals surface area contributed by atoms with Crippen molar-refractivity contribution in [2.24, 2.45) is 0 Å². The van der Waals surface area contributed by atoms with E-state index in [2.05, 4.69) is 10.5 Å². The van der Waals surface area contributed by atoms with Crippen LogP contribution < -0.4 is 5.32 Å². The lowest BCUT2D eigenvalue weighted by atomic mass is 10.1. The molecule has 0 saturated carbocycles. The van der Waals surface area contributed by atoms with Crippen LogP contribution in [0, 0.1) is 12.3 Å². The molecule has 0 bridgehead atoms. The lowest BCUT2D eigenvalue weighted by Gasteiger charge is -2.15. The van der Waals surface area contributed by atoms with Crippen LogP contribution in [-0.4, -0.2) is 17.5 Å². The molecule has 6 nitrogen and oxygen atoms in total. The summed E-state index contributed by atoms with van der Waals surface area (Å²) < 4.78 is 10.8. The molecule has 7 heteroatoms. The maximum Gasteiger partial charge on any atom is 0.412 e. The molecule has 1 unspecified atom stereocenters. The van der Waals surface area contributed by atoms with E-state index in [1.54, 1.807) is 50.2 Å². The van der Waals surface area contributed by atoms with Gasteiger partial charge in [-0.1, -0.05) is 59.2 Å². The van der Waals surface area contributed by atoms with E-state index in [9.17, 15) is 4.79 Å². The molecule has 0 aliphatic carbocycles. The predicted octanol–water partition coefficient (Wildman–Crippen LogP) is 5.61. The van der Waals surface area contributed by atoms with E-state index in [0.29, 0.717) is 22.2 Å². The summed E-state index contributed by atoms with van der Waals surface area (Å²) >= 11 is 6.15. The highest BCUT2D eigenvalue weighted by molar-refractivity contribution is 6.31. The number of nitrogens with one attached hydrogen (secondary N) is 2. The van der Waals surface area contributed by atoms with Gasteiger partial charge < -0.3 is 14.7 Å². The maximum atomic E-state index is 12.4. The number of aromatic nitrogens is 1. The van der Waals surface area contributed by atoms with E-state index >= 15 is 0 Å². The highest BCUT2D eigenvalue weighted by Gasteiger charge is 2.20. The molecule has 0 aliphatic rings.